The van der Waals surface area contributed by atoms with Crippen LogP contribution in [-0.4, -0.2) is 10.9 Å². The molecule has 1 aromatic heterocycles. The predicted octanol–water partition coefficient (Wildman–Crippen LogP) is 7.88. The van der Waals surface area contributed by atoms with Gasteiger partial charge >= 0.3 is 0 Å². The normalized spacial score (nSPS) is 11.1. The molecule has 1 amide bonds. The molecular weight excluding hydrogens is 420 g/mol. The average molecular weight is 443 g/mol. The number of azo groups is 1. The van der Waals surface area contributed by atoms with Crippen LogP contribution in [0.25, 0.3) is 22.2 Å². The minimum Gasteiger partial charge on any atom is -0.322 e. The van der Waals surface area contributed by atoms with Crippen molar-refractivity contribution < 1.29 is 4.79 Å². The number of carbonyl (C=O) groups excluding carboxylic acids is 1. The number of rotatable bonds is 5. The molecule has 0 aliphatic heterocycles. The lowest BCUT2D eigenvalue weighted by Gasteiger charge is -2.11. The fourth-order valence-electron chi connectivity index (χ4n) is 3.66. The number of fused-ring (bicyclic) bond motifs is 1. The van der Waals surface area contributed by atoms with E-state index in [9.17, 15) is 4.79 Å². The van der Waals surface area contributed by atoms with E-state index in [1.54, 1.807) is 0 Å². The number of benzene rings is 4. The van der Waals surface area contributed by atoms with E-state index in [2.05, 4.69) is 15.5 Å². The smallest absolute Gasteiger partial charge is 0.256 e. The number of aromatic nitrogens is 1. The SMILES string of the molecule is Cc1ccc(-c2cc(C(=O)Nc3ccc(N=Nc4ccccc4)cc3)c3ccccc3n2)cc1. The van der Waals surface area contributed by atoms with E-state index in [4.69, 9.17) is 4.98 Å². The molecule has 34 heavy (non-hydrogen) atoms. The molecule has 0 radical (unpaired) electrons. The van der Waals surface area contributed by atoms with Gasteiger partial charge in [-0.2, -0.15) is 10.2 Å². The molecule has 1 heterocycles. The molecule has 0 saturated heterocycles. The summed E-state index contributed by atoms with van der Waals surface area (Å²) in [6, 6.07) is 34.5. The zero-order valence-electron chi connectivity index (χ0n) is 18.6. The fourth-order valence-corrected chi connectivity index (χ4v) is 3.66. The molecule has 0 spiro atoms. The van der Waals surface area contributed by atoms with Crippen LogP contribution in [0.5, 0.6) is 0 Å². The van der Waals surface area contributed by atoms with Gasteiger partial charge in [-0.15, -0.1) is 0 Å². The van der Waals surface area contributed by atoms with Gasteiger partial charge in [-0.05, 0) is 55.5 Å². The number of nitrogens with zero attached hydrogens (tertiary/aromatic N) is 3. The monoisotopic (exact) mass is 442 g/mol. The van der Waals surface area contributed by atoms with Crippen LogP contribution in [0.2, 0.25) is 0 Å². The van der Waals surface area contributed by atoms with Gasteiger partial charge in [0.2, 0.25) is 0 Å². The highest BCUT2D eigenvalue weighted by atomic mass is 16.1. The number of para-hydroxylation sites is 1. The van der Waals surface area contributed by atoms with Crippen LogP contribution in [-0.2, 0) is 0 Å². The molecule has 5 rings (SSSR count). The van der Waals surface area contributed by atoms with E-state index in [1.807, 2.05) is 116 Å². The summed E-state index contributed by atoms with van der Waals surface area (Å²) in [4.78, 5) is 18.1. The Labute approximate surface area is 197 Å². The van der Waals surface area contributed by atoms with E-state index < -0.39 is 0 Å². The van der Waals surface area contributed by atoms with Crippen LogP contribution < -0.4 is 5.32 Å². The lowest BCUT2D eigenvalue weighted by atomic mass is 10.0. The van der Waals surface area contributed by atoms with Gasteiger partial charge in [-0.25, -0.2) is 4.98 Å². The standard InChI is InChI=1S/C29H22N4O/c1-20-11-13-21(14-12-20)28-19-26(25-9-5-6-10-27(25)31-28)29(34)30-22-15-17-24(18-16-22)33-32-23-7-3-2-4-8-23/h2-19H,1H3,(H,30,34). The van der Waals surface area contributed by atoms with Crippen molar-refractivity contribution in [2.75, 3.05) is 5.32 Å². The topological polar surface area (TPSA) is 66.7 Å². The third-order valence-corrected chi connectivity index (χ3v) is 5.47. The van der Waals surface area contributed by atoms with Gasteiger partial charge in [0.25, 0.3) is 5.91 Å². The molecule has 0 saturated carbocycles. The molecule has 0 aliphatic carbocycles. The number of nitrogens with one attached hydrogen (secondary N) is 1. The van der Waals surface area contributed by atoms with Gasteiger partial charge < -0.3 is 5.32 Å². The first-order valence-corrected chi connectivity index (χ1v) is 11.0. The molecule has 0 aliphatic rings. The Morgan fingerprint density at radius 3 is 2.12 bits per heavy atom. The summed E-state index contributed by atoms with van der Waals surface area (Å²) in [5.74, 6) is -0.189. The number of anilines is 1. The minimum absolute atomic E-state index is 0.189. The van der Waals surface area contributed by atoms with E-state index in [1.165, 1.54) is 5.56 Å². The van der Waals surface area contributed by atoms with Crippen molar-refractivity contribution in [3.63, 3.8) is 0 Å². The highest BCUT2D eigenvalue weighted by molar-refractivity contribution is 6.13. The predicted molar refractivity (Wildman–Crippen MR) is 137 cm³/mol. The summed E-state index contributed by atoms with van der Waals surface area (Å²) in [6.07, 6.45) is 0. The summed E-state index contributed by atoms with van der Waals surface area (Å²) >= 11 is 0. The molecule has 0 bridgehead atoms. The number of carbonyl (C=O) groups is 1. The number of hydrogen-bond donors (Lipinski definition) is 1. The van der Waals surface area contributed by atoms with Crippen LogP contribution >= 0.6 is 0 Å². The molecule has 1 N–H and O–H groups in total. The maximum absolute atomic E-state index is 13.3. The van der Waals surface area contributed by atoms with Crippen LogP contribution in [0.1, 0.15) is 15.9 Å². The molecule has 0 unspecified atom stereocenters. The van der Waals surface area contributed by atoms with E-state index in [-0.39, 0.29) is 5.91 Å². The van der Waals surface area contributed by atoms with Crippen molar-refractivity contribution in [3.8, 4) is 11.3 Å². The second kappa shape index (κ2) is 9.46. The molecule has 4 aromatic carbocycles. The van der Waals surface area contributed by atoms with E-state index in [0.717, 1.165) is 27.8 Å². The van der Waals surface area contributed by atoms with E-state index in [0.29, 0.717) is 16.9 Å². The maximum atomic E-state index is 13.3. The van der Waals surface area contributed by atoms with Gasteiger partial charge in [-0.1, -0.05) is 66.2 Å². The van der Waals surface area contributed by atoms with E-state index >= 15 is 0 Å². The first-order valence-electron chi connectivity index (χ1n) is 11.0. The Morgan fingerprint density at radius 2 is 1.38 bits per heavy atom. The lowest BCUT2D eigenvalue weighted by molar-refractivity contribution is 0.102. The van der Waals surface area contributed by atoms with Crippen LogP contribution in [0.15, 0.2) is 119 Å². The Morgan fingerprint density at radius 1 is 0.735 bits per heavy atom. The Bertz CT molecular complexity index is 1480. The first-order chi connectivity index (χ1) is 16.7. The van der Waals surface area contributed by atoms with Crippen molar-refractivity contribution in [1.82, 2.24) is 4.98 Å². The molecule has 5 aromatic rings. The fraction of sp³-hybridized carbons (Fsp3) is 0.0345. The van der Waals surface area contributed by atoms with Gasteiger partial charge in [0, 0.05) is 16.6 Å². The number of amides is 1. The molecule has 5 nitrogen and oxygen atoms in total. The molecule has 0 atom stereocenters. The average Bonchev–Trinajstić information content (AvgIpc) is 2.88. The molecule has 5 heteroatoms. The van der Waals surface area contributed by atoms with Gasteiger partial charge in [0.05, 0.1) is 28.1 Å². The van der Waals surface area contributed by atoms with Crippen molar-refractivity contribution in [2.24, 2.45) is 10.2 Å². The second-order valence-electron chi connectivity index (χ2n) is 7.97. The summed E-state index contributed by atoms with van der Waals surface area (Å²) < 4.78 is 0. The number of hydrogen-bond acceptors (Lipinski definition) is 4. The highest BCUT2D eigenvalue weighted by Gasteiger charge is 2.14. The molecular formula is C29H22N4O. The highest BCUT2D eigenvalue weighted by Crippen LogP contribution is 2.26. The minimum atomic E-state index is -0.189. The van der Waals surface area contributed by atoms with Crippen LogP contribution in [0.3, 0.4) is 0 Å². The summed E-state index contributed by atoms with van der Waals surface area (Å²) in [5, 5.41) is 12.3. The van der Waals surface area contributed by atoms with Crippen LogP contribution in [0.4, 0.5) is 17.1 Å². The quantitative estimate of drug-likeness (QED) is 0.281. The first kappa shape index (κ1) is 21.2. The number of aryl methyl sites for hydroxylation is 1. The van der Waals surface area contributed by atoms with Gasteiger partial charge in [0.1, 0.15) is 0 Å². The summed E-state index contributed by atoms with van der Waals surface area (Å²) in [7, 11) is 0. The third-order valence-electron chi connectivity index (χ3n) is 5.47. The van der Waals surface area contributed by atoms with Gasteiger partial charge in [0.15, 0.2) is 0 Å². The molecule has 0 fully saturated rings. The lowest BCUT2D eigenvalue weighted by Crippen LogP contribution is -2.13. The van der Waals surface area contributed by atoms with Gasteiger partial charge in [-0.3, -0.25) is 4.79 Å². The largest absolute Gasteiger partial charge is 0.322 e. The third kappa shape index (κ3) is 4.74. The van der Waals surface area contributed by atoms with Crippen molar-refractivity contribution in [2.45, 2.75) is 6.92 Å². The summed E-state index contributed by atoms with van der Waals surface area (Å²) in [5.41, 5.74) is 6.44. The van der Waals surface area contributed by atoms with Crippen molar-refractivity contribution in [3.05, 3.63) is 120 Å². The maximum Gasteiger partial charge on any atom is 0.256 e. The Kier molecular flexibility index (Phi) is 5.91. The second-order valence-corrected chi connectivity index (χ2v) is 7.97. The zero-order chi connectivity index (χ0) is 23.3. The Hall–Kier alpha value is -4.64. The number of pyridine rings is 1. The van der Waals surface area contributed by atoms with Crippen molar-refractivity contribution >= 4 is 33.9 Å². The van der Waals surface area contributed by atoms with Crippen molar-refractivity contribution in [1.29, 1.82) is 0 Å². The molecule has 164 valence electrons. The zero-order valence-corrected chi connectivity index (χ0v) is 18.6. The summed E-state index contributed by atoms with van der Waals surface area (Å²) in [6.45, 7) is 2.05. The Balaban J connectivity index is 1.41. The van der Waals surface area contributed by atoms with Crippen LogP contribution in [0, 0.1) is 6.92 Å².